The summed E-state index contributed by atoms with van der Waals surface area (Å²) in [4.78, 5) is 0. The average molecular weight is 239 g/mol. The van der Waals surface area contributed by atoms with E-state index in [1.807, 2.05) is 24.4 Å². The molecule has 2 N–H and O–H groups in total. The van der Waals surface area contributed by atoms with Crippen LogP contribution in [0.25, 0.3) is 11.3 Å². The summed E-state index contributed by atoms with van der Waals surface area (Å²) in [5.41, 5.74) is 3.37. The fourth-order valence-corrected chi connectivity index (χ4v) is 1.83. The number of nitrogens with one attached hydrogen (secondary N) is 2. The zero-order valence-corrected chi connectivity index (χ0v) is 10.5. The lowest BCUT2D eigenvalue weighted by Gasteiger charge is -2.10. The normalized spacial score (nSPS) is 12.0. The van der Waals surface area contributed by atoms with Gasteiger partial charge in [-0.1, -0.05) is 30.3 Å². The number of benzene rings is 1. The molecule has 0 aliphatic heterocycles. The molecule has 0 fully saturated rings. The van der Waals surface area contributed by atoms with Crippen molar-refractivity contribution in [2.24, 2.45) is 0 Å². The van der Waals surface area contributed by atoms with Crippen molar-refractivity contribution in [3.8, 4) is 23.6 Å². The van der Waals surface area contributed by atoms with E-state index in [0.29, 0.717) is 6.04 Å². The summed E-state index contributed by atoms with van der Waals surface area (Å²) in [7, 11) is 0. The third kappa shape index (κ3) is 2.99. The molecule has 1 aromatic heterocycles. The van der Waals surface area contributed by atoms with Gasteiger partial charge in [0.2, 0.25) is 0 Å². The molecule has 1 atom stereocenters. The maximum Gasteiger partial charge on any atom is 0.0695 e. The van der Waals surface area contributed by atoms with E-state index in [-0.39, 0.29) is 0 Å². The number of terminal acetylenes is 1. The molecule has 0 amide bonds. The third-order valence-corrected chi connectivity index (χ3v) is 2.85. The van der Waals surface area contributed by atoms with E-state index in [1.165, 1.54) is 0 Å². The van der Waals surface area contributed by atoms with Crippen molar-refractivity contribution in [3.05, 3.63) is 42.1 Å². The van der Waals surface area contributed by atoms with Crippen LogP contribution in [0.3, 0.4) is 0 Å². The van der Waals surface area contributed by atoms with Gasteiger partial charge < -0.3 is 5.32 Å². The quantitative estimate of drug-likeness (QED) is 0.787. The summed E-state index contributed by atoms with van der Waals surface area (Å²) in [5.74, 6) is 2.66. The minimum Gasteiger partial charge on any atom is -0.309 e. The van der Waals surface area contributed by atoms with Crippen LogP contribution in [0, 0.1) is 12.3 Å². The van der Waals surface area contributed by atoms with Crippen molar-refractivity contribution in [3.63, 3.8) is 0 Å². The molecule has 1 unspecified atom stereocenters. The molecule has 3 nitrogen and oxygen atoms in total. The van der Waals surface area contributed by atoms with Crippen molar-refractivity contribution in [2.75, 3.05) is 0 Å². The van der Waals surface area contributed by atoms with Crippen molar-refractivity contribution in [2.45, 2.75) is 25.9 Å². The number of aromatic amines is 1. The predicted octanol–water partition coefficient (Wildman–Crippen LogP) is 2.58. The van der Waals surface area contributed by atoms with Crippen LogP contribution in [-0.2, 0) is 6.54 Å². The van der Waals surface area contributed by atoms with E-state index in [4.69, 9.17) is 6.42 Å². The summed E-state index contributed by atoms with van der Waals surface area (Å²) >= 11 is 0. The Bertz CT molecular complexity index is 522. The van der Waals surface area contributed by atoms with Crippen LogP contribution in [0.4, 0.5) is 0 Å². The lowest BCUT2D eigenvalue weighted by molar-refractivity contribution is 0.560. The Morgan fingerprint density at radius 1 is 1.39 bits per heavy atom. The minimum atomic E-state index is 0.313. The first kappa shape index (κ1) is 12.4. The second-order valence-corrected chi connectivity index (χ2v) is 4.33. The van der Waals surface area contributed by atoms with Crippen LogP contribution in [0.1, 0.15) is 18.9 Å². The highest BCUT2D eigenvalue weighted by atomic mass is 15.1. The molecule has 0 saturated heterocycles. The van der Waals surface area contributed by atoms with Gasteiger partial charge >= 0.3 is 0 Å². The standard InChI is InChI=1S/C15H17N3/c1-3-7-12(2)16-10-14-11-17-18-15(14)13-8-5-4-6-9-13/h1,4-6,8-9,11-12,16H,7,10H2,2H3,(H,17,18). The van der Waals surface area contributed by atoms with Gasteiger partial charge in [-0.3, -0.25) is 5.10 Å². The van der Waals surface area contributed by atoms with E-state index < -0.39 is 0 Å². The van der Waals surface area contributed by atoms with Gasteiger partial charge in [0.1, 0.15) is 0 Å². The molecule has 18 heavy (non-hydrogen) atoms. The molecule has 3 heteroatoms. The lowest BCUT2D eigenvalue weighted by atomic mass is 10.1. The molecule has 2 rings (SSSR count). The van der Waals surface area contributed by atoms with Gasteiger partial charge in [0.05, 0.1) is 11.9 Å². The molecule has 0 spiro atoms. The molecule has 0 bridgehead atoms. The number of hydrogen-bond acceptors (Lipinski definition) is 2. The summed E-state index contributed by atoms with van der Waals surface area (Å²) in [5, 5.41) is 10.6. The Labute approximate surface area is 108 Å². The number of H-pyrrole nitrogens is 1. The largest absolute Gasteiger partial charge is 0.309 e. The summed E-state index contributed by atoms with van der Waals surface area (Å²) in [6, 6.07) is 10.5. The van der Waals surface area contributed by atoms with Crippen molar-refractivity contribution in [1.82, 2.24) is 15.5 Å². The number of hydrogen-bond donors (Lipinski definition) is 2. The first-order valence-corrected chi connectivity index (χ1v) is 6.05. The predicted molar refractivity (Wildman–Crippen MR) is 73.8 cm³/mol. The van der Waals surface area contributed by atoms with Crippen LogP contribution < -0.4 is 5.32 Å². The Kier molecular flexibility index (Phi) is 4.16. The van der Waals surface area contributed by atoms with Gasteiger partial charge in [0.15, 0.2) is 0 Å². The zero-order valence-electron chi connectivity index (χ0n) is 10.5. The van der Waals surface area contributed by atoms with E-state index in [0.717, 1.165) is 29.8 Å². The second kappa shape index (κ2) is 6.04. The minimum absolute atomic E-state index is 0.313. The Balaban J connectivity index is 2.07. The van der Waals surface area contributed by atoms with Crippen LogP contribution in [0.15, 0.2) is 36.5 Å². The SMILES string of the molecule is C#CCC(C)NCc1cn[nH]c1-c1ccccc1. The highest BCUT2D eigenvalue weighted by molar-refractivity contribution is 5.62. The third-order valence-electron chi connectivity index (χ3n) is 2.85. The molecule has 0 radical (unpaired) electrons. The van der Waals surface area contributed by atoms with E-state index >= 15 is 0 Å². The first-order chi connectivity index (χ1) is 8.81. The molecule has 0 saturated carbocycles. The van der Waals surface area contributed by atoms with Gasteiger partial charge in [0, 0.05) is 24.6 Å². The van der Waals surface area contributed by atoms with Crippen LogP contribution >= 0.6 is 0 Å². The fraction of sp³-hybridized carbons (Fsp3) is 0.267. The van der Waals surface area contributed by atoms with Crippen molar-refractivity contribution >= 4 is 0 Å². The van der Waals surface area contributed by atoms with E-state index in [9.17, 15) is 0 Å². The molecular formula is C15H17N3. The summed E-state index contributed by atoms with van der Waals surface area (Å²) in [6.07, 6.45) is 7.88. The number of nitrogens with zero attached hydrogens (tertiary/aromatic N) is 1. The van der Waals surface area contributed by atoms with Crippen LogP contribution in [0.2, 0.25) is 0 Å². The monoisotopic (exact) mass is 239 g/mol. The van der Waals surface area contributed by atoms with Gasteiger partial charge in [0.25, 0.3) is 0 Å². The molecule has 2 aromatic rings. The summed E-state index contributed by atoms with van der Waals surface area (Å²) in [6.45, 7) is 2.85. The maximum atomic E-state index is 5.29. The lowest BCUT2D eigenvalue weighted by Crippen LogP contribution is -2.24. The number of aromatic nitrogens is 2. The van der Waals surface area contributed by atoms with Crippen LogP contribution in [-0.4, -0.2) is 16.2 Å². The molecule has 0 aliphatic carbocycles. The molecule has 92 valence electrons. The molecule has 1 aromatic carbocycles. The Morgan fingerprint density at radius 2 is 2.17 bits per heavy atom. The van der Waals surface area contributed by atoms with Gasteiger partial charge in [-0.25, -0.2) is 0 Å². The molecular weight excluding hydrogens is 222 g/mol. The van der Waals surface area contributed by atoms with Crippen molar-refractivity contribution in [1.29, 1.82) is 0 Å². The van der Waals surface area contributed by atoms with E-state index in [2.05, 4.69) is 40.5 Å². The smallest absolute Gasteiger partial charge is 0.0695 e. The Morgan fingerprint density at radius 3 is 2.89 bits per heavy atom. The van der Waals surface area contributed by atoms with Gasteiger partial charge in [-0.05, 0) is 12.5 Å². The van der Waals surface area contributed by atoms with Crippen LogP contribution in [0.5, 0.6) is 0 Å². The fourth-order valence-electron chi connectivity index (χ4n) is 1.83. The maximum absolute atomic E-state index is 5.29. The zero-order chi connectivity index (χ0) is 12.8. The number of rotatable bonds is 5. The highest BCUT2D eigenvalue weighted by Gasteiger charge is 2.08. The van der Waals surface area contributed by atoms with Crippen molar-refractivity contribution < 1.29 is 0 Å². The molecule has 0 aliphatic rings. The average Bonchev–Trinajstić information content (AvgIpc) is 2.86. The Hall–Kier alpha value is -2.05. The molecule has 1 heterocycles. The van der Waals surface area contributed by atoms with Gasteiger partial charge in [-0.15, -0.1) is 12.3 Å². The highest BCUT2D eigenvalue weighted by Crippen LogP contribution is 2.20. The van der Waals surface area contributed by atoms with E-state index in [1.54, 1.807) is 0 Å². The second-order valence-electron chi connectivity index (χ2n) is 4.33. The topological polar surface area (TPSA) is 40.7 Å². The van der Waals surface area contributed by atoms with Gasteiger partial charge in [-0.2, -0.15) is 5.10 Å². The first-order valence-electron chi connectivity index (χ1n) is 6.05. The summed E-state index contributed by atoms with van der Waals surface area (Å²) < 4.78 is 0.